The van der Waals surface area contributed by atoms with Crippen molar-refractivity contribution in [3.8, 4) is 39.5 Å². The standard InChI is InChI=1S/C30H19Br2N3/c31-24-17-23(18-25(32)19-24)20-11-13-22(14-12-20)30-34-29-27(35(30)26-9-5-2-6-10-26)15-16-33-28(29)21-7-3-1-4-8-21/h1-19H. The molecule has 5 heteroatoms. The van der Waals surface area contributed by atoms with E-state index < -0.39 is 0 Å². The summed E-state index contributed by atoms with van der Waals surface area (Å²) >= 11 is 7.19. The van der Waals surface area contributed by atoms with Crippen LogP contribution < -0.4 is 0 Å². The average Bonchev–Trinajstić information content (AvgIpc) is 3.29. The lowest BCUT2D eigenvalue weighted by Crippen LogP contribution is -1.97. The predicted molar refractivity (Wildman–Crippen MR) is 151 cm³/mol. The smallest absolute Gasteiger partial charge is 0.145 e. The molecule has 35 heavy (non-hydrogen) atoms. The first-order valence-corrected chi connectivity index (χ1v) is 12.8. The highest BCUT2D eigenvalue weighted by Gasteiger charge is 2.18. The zero-order valence-corrected chi connectivity index (χ0v) is 21.7. The summed E-state index contributed by atoms with van der Waals surface area (Å²) in [6.45, 7) is 0. The average molecular weight is 581 g/mol. The fourth-order valence-electron chi connectivity index (χ4n) is 4.38. The van der Waals surface area contributed by atoms with Gasteiger partial charge in [0.25, 0.3) is 0 Å². The molecule has 0 amide bonds. The van der Waals surface area contributed by atoms with E-state index in [2.05, 4.69) is 109 Å². The summed E-state index contributed by atoms with van der Waals surface area (Å²) in [5, 5.41) is 0. The molecule has 0 saturated heterocycles. The van der Waals surface area contributed by atoms with Crippen LogP contribution in [0.5, 0.6) is 0 Å². The monoisotopic (exact) mass is 579 g/mol. The fourth-order valence-corrected chi connectivity index (χ4v) is 5.67. The molecule has 168 valence electrons. The lowest BCUT2D eigenvalue weighted by atomic mass is 10.0. The summed E-state index contributed by atoms with van der Waals surface area (Å²) in [5.41, 5.74) is 8.25. The van der Waals surface area contributed by atoms with Crippen molar-refractivity contribution in [1.29, 1.82) is 0 Å². The topological polar surface area (TPSA) is 30.7 Å². The highest BCUT2D eigenvalue weighted by atomic mass is 79.9. The van der Waals surface area contributed by atoms with Gasteiger partial charge in [-0.1, -0.05) is 105 Å². The van der Waals surface area contributed by atoms with Crippen molar-refractivity contribution in [3.63, 3.8) is 0 Å². The van der Waals surface area contributed by atoms with Crippen LogP contribution in [0.4, 0.5) is 0 Å². The van der Waals surface area contributed by atoms with E-state index in [0.717, 1.165) is 59.4 Å². The molecule has 3 nitrogen and oxygen atoms in total. The van der Waals surface area contributed by atoms with E-state index in [1.807, 2.05) is 42.6 Å². The van der Waals surface area contributed by atoms with Gasteiger partial charge in [0.2, 0.25) is 0 Å². The van der Waals surface area contributed by atoms with Crippen LogP contribution in [0, 0.1) is 0 Å². The lowest BCUT2D eigenvalue weighted by Gasteiger charge is -2.10. The second-order valence-corrected chi connectivity index (χ2v) is 10.1. The molecule has 6 aromatic rings. The maximum atomic E-state index is 5.15. The minimum Gasteiger partial charge on any atom is -0.292 e. The SMILES string of the molecule is Brc1cc(Br)cc(-c2ccc(-c3nc4c(-c5ccccc5)nccc4n3-c3ccccc3)cc2)c1. The molecular weight excluding hydrogens is 562 g/mol. The molecule has 0 unspecified atom stereocenters. The number of para-hydroxylation sites is 1. The molecule has 2 aromatic heterocycles. The molecule has 0 fully saturated rings. The van der Waals surface area contributed by atoms with Crippen LogP contribution in [0.2, 0.25) is 0 Å². The van der Waals surface area contributed by atoms with Crippen molar-refractivity contribution in [1.82, 2.24) is 14.5 Å². The van der Waals surface area contributed by atoms with Gasteiger partial charge < -0.3 is 0 Å². The van der Waals surface area contributed by atoms with Crippen molar-refractivity contribution >= 4 is 42.9 Å². The molecule has 0 aliphatic carbocycles. The van der Waals surface area contributed by atoms with Crippen LogP contribution >= 0.6 is 31.9 Å². The molecule has 4 aromatic carbocycles. The summed E-state index contributed by atoms with van der Waals surface area (Å²) in [6.07, 6.45) is 1.86. The molecule has 0 N–H and O–H groups in total. The first-order chi connectivity index (χ1) is 17.2. The van der Waals surface area contributed by atoms with E-state index in [4.69, 9.17) is 9.97 Å². The van der Waals surface area contributed by atoms with Gasteiger partial charge in [-0.2, -0.15) is 0 Å². The highest BCUT2D eigenvalue weighted by Crippen LogP contribution is 2.34. The van der Waals surface area contributed by atoms with Gasteiger partial charge in [0.15, 0.2) is 0 Å². The van der Waals surface area contributed by atoms with Crippen LogP contribution in [0.25, 0.3) is 50.5 Å². The van der Waals surface area contributed by atoms with Gasteiger partial charge in [-0.3, -0.25) is 9.55 Å². The number of hydrogen-bond acceptors (Lipinski definition) is 2. The van der Waals surface area contributed by atoms with Crippen molar-refractivity contribution in [3.05, 3.63) is 124 Å². The van der Waals surface area contributed by atoms with Gasteiger partial charge in [0, 0.05) is 32.0 Å². The van der Waals surface area contributed by atoms with Gasteiger partial charge in [0.05, 0.1) is 11.2 Å². The van der Waals surface area contributed by atoms with E-state index in [1.165, 1.54) is 0 Å². The van der Waals surface area contributed by atoms with Gasteiger partial charge in [0.1, 0.15) is 11.3 Å². The number of imidazole rings is 1. The van der Waals surface area contributed by atoms with E-state index >= 15 is 0 Å². The molecule has 0 atom stereocenters. The molecule has 2 heterocycles. The molecule has 0 bridgehead atoms. The first kappa shape index (κ1) is 22.0. The quantitative estimate of drug-likeness (QED) is 0.208. The number of aromatic nitrogens is 3. The van der Waals surface area contributed by atoms with Crippen LogP contribution in [-0.4, -0.2) is 14.5 Å². The maximum Gasteiger partial charge on any atom is 0.145 e. The Morgan fingerprint density at radius 1 is 0.571 bits per heavy atom. The molecule has 0 aliphatic rings. The molecule has 0 aliphatic heterocycles. The lowest BCUT2D eigenvalue weighted by molar-refractivity contribution is 1.10. The maximum absolute atomic E-state index is 5.15. The largest absolute Gasteiger partial charge is 0.292 e. The minimum absolute atomic E-state index is 0.884. The molecular formula is C30H19Br2N3. The van der Waals surface area contributed by atoms with Gasteiger partial charge in [-0.05, 0) is 47.5 Å². The zero-order valence-electron chi connectivity index (χ0n) is 18.6. The Kier molecular flexibility index (Phi) is 5.80. The number of rotatable bonds is 4. The Morgan fingerprint density at radius 3 is 1.89 bits per heavy atom. The molecule has 0 saturated carbocycles. The molecule has 6 rings (SSSR count). The number of fused-ring (bicyclic) bond motifs is 1. The fraction of sp³-hybridized carbons (Fsp3) is 0. The Hall–Kier alpha value is -3.54. The van der Waals surface area contributed by atoms with E-state index in [9.17, 15) is 0 Å². The number of benzene rings is 4. The summed E-state index contributed by atoms with van der Waals surface area (Å²) in [4.78, 5) is 9.86. The first-order valence-electron chi connectivity index (χ1n) is 11.2. The number of hydrogen-bond donors (Lipinski definition) is 0. The van der Waals surface area contributed by atoms with Crippen LogP contribution in [-0.2, 0) is 0 Å². The van der Waals surface area contributed by atoms with Crippen LogP contribution in [0.3, 0.4) is 0 Å². The number of nitrogens with zero attached hydrogens (tertiary/aromatic N) is 3. The summed E-state index contributed by atoms with van der Waals surface area (Å²) in [6, 6.07) is 37.5. The van der Waals surface area contributed by atoms with Crippen molar-refractivity contribution in [2.75, 3.05) is 0 Å². The second-order valence-electron chi connectivity index (χ2n) is 8.24. The Labute approximate surface area is 220 Å². The van der Waals surface area contributed by atoms with Gasteiger partial charge >= 0.3 is 0 Å². The van der Waals surface area contributed by atoms with Crippen LogP contribution in [0.1, 0.15) is 0 Å². The summed E-state index contributed by atoms with van der Waals surface area (Å²) in [7, 11) is 0. The third kappa shape index (κ3) is 4.22. The van der Waals surface area contributed by atoms with E-state index in [1.54, 1.807) is 0 Å². The van der Waals surface area contributed by atoms with Crippen molar-refractivity contribution in [2.45, 2.75) is 0 Å². The molecule has 0 radical (unpaired) electrons. The zero-order chi connectivity index (χ0) is 23.8. The Bertz CT molecular complexity index is 1620. The van der Waals surface area contributed by atoms with Gasteiger partial charge in [-0.25, -0.2) is 4.98 Å². The van der Waals surface area contributed by atoms with Gasteiger partial charge in [-0.15, -0.1) is 0 Å². The third-order valence-electron chi connectivity index (χ3n) is 5.97. The third-order valence-corrected chi connectivity index (χ3v) is 6.89. The normalized spacial score (nSPS) is 11.1. The van der Waals surface area contributed by atoms with Crippen molar-refractivity contribution in [2.24, 2.45) is 0 Å². The summed E-state index contributed by atoms with van der Waals surface area (Å²) in [5.74, 6) is 0.887. The van der Waals surface area contributed by atoms with Crippen molar-refractivity contribution < 1.29 is 0 Å². The second kappa shape index (κ2) is 9.25. The minimum atomic E-state index is 0.884. The number of pyridine rings is 1. The Morgan fingerprint density at radius 2 is 1.20 bits per heavy atom. The number of halogens is 2. The Balaban J connectivity index is 1.55. The molecule has 0 spiro atoms. The van der Waals surface area contributed by atoms with E-state index in [0.29, 0.717) is 0 Å². The van der Waals surface area contributed by atoms with E-state index in [-0.39, 0.29) is 0 Å². The summed E-state index contributed by atoms with van der Waals surface area (Å²) < 4.78 is 4.30. The van der Waals surface area contributed by atoms with Crippen LogP contribution in [0.15, 0.2) is 124 Å². The predicted octanol–water partition coefficient (Wildman–Crippen LogP) is 8.95. The highest BCUT2D eigenvalue weighted by molar-refractivity contribution is 9.11.